The molecule has 0 radical (unpaired) electrons. The summed E-state index contributed by atoms with van der Waals surface area (Å²) in [5.41, 5.74) is 6.78. The van der Waals surface area contributed by atoms with E-state index in [1.54, 1.807) is 0 Å². The summed E-state index contributed by atoms with van der Waals surface area (Å²) in [6.45, 7) is 5.12. The summed E-state index contributed by atoms with van der Waals surface area (Å²) in [6.07, 6.45) is 0.145. The molecule has 1 aromatic carbocycles. The van der Waals surface area contributed by atoms with E-state index >= 15 is 0 Å². The van der Waals surface area contributed by atoms with Crippen LogP contribution >= 0.6 is 15.9 Å². The van der Waals surface area contributed by atoms with E-state index in [9.17, 15) is 0 Å². The maximum atomic E-state index is 5.55. The molecule has 2 N–H and O–H groups in total. The van der Waals surface area contributed by atoms with Crippen LogP contribution in [0.25, 0.3) is 0 Å². The number of ether oxygens (including phenoxy) is 1. The van der Waals surface area contributed by atoms with Crippen LogP contribution in [-0.2, 0) is 11.3 Å². The van der Waals surface area contributed by atoms with E-state index in [-0.39, 0.29) is 6.10 Å². The number of nitrogens with two attached hydrogens (primary N) is 1. The van der Waals surface area contributed by atoms with Gasteiger partial charge in [-0.2, -0.15) is 0 Å². The molecule has 17 heavy (non-hydrogen) atoms. The van der Waals surface area contributed by atoms with Crippen molar-refractivity contribution in [1.29, 1.82) is 0 Å². The van der Waals surface area contributed by atoms with E-state index in [0.29, 0.717) is 6.54 Å². The monoisotopic (exact) mass is 300 g/mol. The predicted octanol–water partition coefficient (Wildman–Crippen LogP) is 2.24. The van der Waals surface area contributed by atoms with Gasteiger partial charge in [-0.1, -0.05) is 34.1 Å². The van der Waals surface area contributed by atoms with Gasteiger partial charge in [-0.15, -0.1) is 0 Å². The third kappa shape index (κ3) is 5.64. The Morgan fingerprint density at radius 3 is 2.76 bits per heavy atom. The van der Waals surface area contributed by atoms with Crippen LogP contribution < -0.4 is 5.73 Å². The highest BCUT2D eigenvalue weighted by molar-refractivity contribution is 9.10. The lowest BCUT2D eigenvalue weighted by Gasteiger charge is -2.19. The lowest BCUT2D eigenvalue weighted by Crippen LogP contribution is -2.27. The van der Waals surface area contributed by atoms with Gasteiger partial charge in [0.25, 0.3) is 0 Å². The predicted molar refractivity (Wildman–Crippen MR) is 74.9 cm³/mol. The molecule has 1 rings (SSSR count). The van der Waals surface area contributed by atoms with Crippen LogP contribution in [0.4, 0.5) is 0 Å². The highest BCUT2D eigenvalue weighted by atomic mass is 79.9. The van der Waals surface area contributed by atoms with Gasteiger partial charge in [0.1, 0.15) is 0 Å². The first-order valence-electron chi connectivity index (χ1n) is 5.87. The first-order chi connectivity index (χ1) is 8.13. The Kier molecular flexibility index (Phi) is 6.73. The van der Waals surface area contributed by atoms with Gasteiger partial charge in [0.2, 0.25) is 0 Å². The first kappa shape index (κ1) is 14.6. The third-order valence-electron chi connectivity index (χ3n) is 2.61. The van der Waals surface area contributed by atoms with Gasteiger partial charge in [-0.3, -0.25) is 4.90 Å². The van der Waals surface area contributed by atoms with E-state index in [0.717, 1.165) is 24.2 Å². The molecule has 0 fully saturated rings. The Hall–Kier alpha value is -0.420. The van der Waals surface area contributed by atoms with Crippen molar-refractivity contribution in [1.82, 2.24) is 4.90 Å². The Balaban J connectivity index is 2.30. The van der Waals surface area contributed by atoms with Crippen molar-refractivity contribution in [2.45, 2.75) is 19.6 Å². The molecule has 0 bridgehead atoms. The van der Waals surface area contributed by atoms with E-state index in [1.807, 2.05) is 13.0 Å². The number of nitrogens with zero attached hydrogens (tertiary/aromatic N) is 1. The van der Waals surface area contributed by atoms with E-state index in [4.69, 9.17) is 10.5 Å². The molecule has 1 atom stereocenters. The molecule has 3 nitrogen and oxygen atoms in total. The van der Waals surface area contributed by atoms with Crippen LogP contribution in [0.1, 0.15) is 12.5 Å². The average Bonchev–Trinajstić information content (AvgIpc) is 2.32. The van der Waals surface area contributed by atoms with E-state index in [1.165, 1.54) is 5.56 Å². The van der Waals surface area contributed by atoms with E-state index in [2.05, 4.69) is 46.1 Å². The molecular formula is C13H21BrN2O. The lowest BCUT2D eigenvalue weighted by atomic mass is 10.2. The van der Waals surface area contributed by atoms with Crippen molar-refractivity contribution < 1.29 is 4.74 Å². The van der Waals surface area contributed by atoms with Crippen molar-refractivity contribution in [3.8, 4) is 0 Å². The van der Waals surface area contributed by atoms with Gasteiger partial charge in [-0.05, 0) is 25.6 Å². The summed E-state index contributed by atoms with van der Waals surface area (Å²) < 4.78 is 6.71. The van der Waals surface area contributed by atoms with Gasteiger partial charge in [0, 0.05) is 24.1 Å². The number of halogens is 1. The summed E-state index contributed by atoms with van der Waals surface area (Å²) in [5, 5.41) is 0. The van der Waals surface area contributed by atoms with Crippen molar-refractivity contribution >= 4 is 15.9 Å². The standard InChI is InChI=1S/C13H21BrN2O/c1-11(9-15)17-8-7-16(2)10-12-5-3-4-6-13(12)14/h3-6,11H,7-10,15H2,1-2H3. The summed E-state index contributed by atoms with van der Waals surface area (Å²) in [5.74, 6) is 0. The molecule has 0 aliphatic carbocycles. The van der Waals surface area contributed by atoms with Gasteiger partial charge < -0.3 is 10.5 Å². The topological polar surface area (TPSA) is 38.5 Å². The summed E-state index contributed by atoms with van der Waals surface area (Å²) in [4.78, 5) is 2.24. The summed E-state index contributed by atoms with van der Waals surface area (Å²) in [6, 6.07) is 8.28. The average molecular weight is 301 g/mol. The fourth-order valence-corrected chi connectivity index (χ4v) is 1.88. The molecule has 4 heteroatoms. The Morgan fingerprint density at radius 2 is 2.12 bits per heavy atom. The molecule has 0 spiro atoms. The van der Waals surface area contributed by atoms with Crippen LogP contribution in [0.2, 0.25) is 0 Å². The number of benzene rings is 1. The summed E-state index contributed by atoms with van der Waals surface area (Å²) in [7, 11) is 2.09. The fourth-order valence-electron chi connectivity index (χ4n) is 1.47. The SMILES string of the molecule is CC(CN)OCCN(C)Cc1ccccc1Br. The molecule has 1 unspecified atom stereocenters. The number of hydrogen-bond acceptors (Lipinski definition) is 3. The highest BCUT2D eigenvalue weighted by Gasteiger charge is 2.04. The quantitative estimate of drug-likeness (QED) is 0.839. The molecule has 0 saturated heterocycles. The second kappa shape index (κ2) is 7.82. The number of likely N-dealkylation sites (N-methyl/N-ethyl adjacent to an activating group) is 1. The Morgan fingerprint density at radius 1 is 1.41 bits per heavy atom. The number of rotatable bonds is 7. The largest absolute Gasteiger partial charge is 0.376 e. The normalized spacial score (nSPS) is 13.0. The third-order valence-corrected chi connectivity index (χ3v) is 3.38. The van der Waals surface area contributed by atoms with Gasteiger partial charge in [0.15, 0.2) is 0 Å². The van der Waals surface area contributed by atoms with Crippen LogP contribution in [0.15, 0.2) is 28.7 Å². The van der Waals surface area contributed by atoms with Crippen LogP contribution in [0, 0.1) is 0 Å². The fraction of sp³-hybridized carbons (Fsp3) is 0.538. The molecular weight excluding hydrogens is 280 g/mol. The maximum absolute atomic E-state index is 5.55. The van der Waals surface area contributed by atoms with Crippen LogP contribution in [0.3, 0.4) is 0 Å². The zero-order valence-electron chi connectivity index (χ0n) is 10.5. The minimum atomic E-state index is 0.145. The minimum Gasteiger partial charge on any atom is -0.376 e. The first-order valence-corrected chi connectivity index (χ1v) is 6.66. The molecule has 1 aromatic rings. The molecule has 0 aliphatic heterocycles. The second-order valence-corrected chi connectivity index (χ2v) is 5.10. The van der Waals surface area contributed by atoms with E-state index < -0.39 is 0 Å². The smallest absolute Gasteiger partial charge is 0.0669 e. The molecule has 0 amide bonds. The highest BCUT2D eigenvalue weighted by Crippen LogP contribution is 2.17. The van der Waals surface area contributed by atoms with Crippen molar-refractivity contribution in [3.05, 3.63) is 34.3 Å². The lowest BCUT2D eigenvalue weighted by molar-refractivity contribution is 0.0567. The Labute approximate surface area is 112 Å². The molecule has 0 aromatic heterocycles. The Bertz CT molecular complexity index is 333. The molecule has 0 aliphatic rings. The zero-order valence-corrected chi connectivity index (χ0v) is 12.1. The van der Waals surface area contributed by atoms with Crippen molar-refractivity contribution in [3.63, 3.8) is 0 Å². The van der Waals surface area contributed by atoms with Crippen molar-refractivity contribution in [2.75, 3.05) is 26.7 Å². The number of hydrogen-bond donors (Lipinski definition) is 1. The van der Waals surface area contributed by atoms with Gasteiger partial charge >= 0.3 is 0 Å². The van der Waals surface area contributed by atoms with Gasteiger partial charge in [-0.25, -0.2) is 0 Å². The molecule has 0 heterocycles. The second-order valence-electron chi connectivity index (χ2n) is 4.25. The maximum Gasteiger partial charge on any atom is 0.0669 e. The zero-order chi connectivity index (χ0) is 12.7. The molecule has 0 saturated carbocycles. The van der Waals surface area contributed by atoms with Crippen LogP contribution in [0.5, 0.6) is 0 Å². The van der Waals surface area contributed by atoms with Crippen molar-refractivity contribution in [2.24, 2.45) is 5.73 Å². The molecule has 96 valence electrons. The van der Waals surface area contributed by atoms with Gasteiger partial charge in [0.05, 0.1) is 12.7 Å². The van der Waals surface area contributed by atoms with Crippen LogP contribution in [-0.4, -0.2) is 37.7 Å². The summed E-state index contributed by atoms with van der Waals surface area (Å²) >= 11 is 3.55. The minimum absolute atomic E-state index is 0.145.